The number of ether oxygens (including phenoxy) is 1. The van der Waals surface area contributed by atoms with Gasteiger partial charge in [0.15, 0.2) is 0 Å². The summed E-state index contributed by atoms with van der Waals surface area (Å²) in [6.45, 7) is 4.02. The zero-order valence-electron chi connectivity index (χ0n) is 11.2. The van der Waals surface area contributed by atoms with Crippen LogP contribution >= 0.6 is 27.3 Å². The standard InChI is InChI=1S/C14H17BrN2OS/c1-9(2)18-12-4-10(6-17-7-12)14(16-3)11-5-13(15)19-8-11/h4-9,14,16H,1-3H3. The second-order valence-electron chi connectivity index (χ2n) is 4.53. The van der Waals surface area contributed by atoms with Crippen molar-refractivity contribution in [1.29, 1.82) is 0 Å². The van der Waals surface area contributed by atoms with Crippen LogP contribution in [-0.2, 0) is 0 Å². The summed E-state index contributed by atoms with van der Waals surface area (Å²) in [5.74, 6) is 0.807. The molecule has 2 aromatic rings. The van der Waals surface area contributed by atoms with Crippen LogP contribution in [0.5, 0.6) is 5.75 Å². The number of thiophene rings is 1. The third kappa shape index (κ3) is 3.78. The van der Waals surface area contributed by atoms with E-state index in [-0.39, 0.29) is 12.1 Å². The Morgan fingerprint density at radius 3 is 2.63 bits per heavy atom. The van der Waals surface area contributed by atoms with Crippen molar-refractivity contribution in [2.75, 3.05) is 7.05 Å². The average molecular weight is 341 g/mol. The molecule has 2 rings (SSSR count). The normalized spacial score (nSPS) is 12.7. The number of hydrogen-bond donors (Lipinski definition) is 1. The fourth-order valence-electron chi connectivity index (χ4n) is 1.93. The van der Waals surface area contributed by atoms with Gasteiger partial charge in [0, 0.05) is 6.20 Å². The number of aromatic nitrogens is 1. The lowest BCUT2D eigenvalue weighted by Gasteiger charge is -2.17. The summed E-state index contributed by atoms with van der Waals surface area (Å²) in [6, 6.07) is 4.30. The maximum Gasteiger partial charge on any atom is 0.138 e. The average Bonchev–Trinajstić information content (AvgIpc) is 2.76. The molecule has 0 aliphatic carbocycles. The molecular weight excluding hydrogens is 324 g/mol. The first-order valence-electron chi connectivity index (χ1n) is 6.13. The first-order chi connectivity index (χ1) is 9.10. The van der Waals surface area contributed by atoms with Gasteiger partial charge in [-0.2, -0.15) is 0 Å². The van der Waals surface area contributed by atoms with E-state index in [2.05, 4.69) is 37.7 Å². The topological polar surface area (TPSA) is 34.2 Å². The van der Waals surface area contributed by atoms with Gasteiger partial charge in [-0.25, -0.2) is 0 Å². The van der Waals surface area contributed by atoms with E-state index in [0.29, 0.717) is 0 Å². The SMILES string of the molecule is CNC(c1cncc(OC(C)C)c1)c1csc(Br)c1. The monoisotopic (exact) mass is 340 g/mol. The van der Waals surface area contributed by atoms with Gasteiger partial charge < -0.3 is 10.1 Å². The molecule has 0 saturated heterocycles. The van der Waals surface area contributed by atoms with Gasteiger partial charge in [-0.05, 0) is 65.5 Å². The second kappa shape index (κ2) is 6.50. The van der Waals surface area contributed by atoms with Crippen molar-refractivity contribution in [1.82, 2.24) is 10.3 Å². The first-order valence-corrected chi connectivity index (χ1v) is 7.80. The molecule has 0 aromatic carbocycles. The third-order valence-corrected chi connectivity index (χ3v) is 4.17. The second-order valence-corrected chi connectivity index (χ2v) is 6.82. The van der Waals surface area contributed by atoms with Gasteiger partial charge in [-0.1, -0.05) is 0 Å². The van der Waals surface area contributed by atoms with Crippen molar-refractivity contribution in [3.63, 3.8) is 0 Å². The summed E-state index contributed by atoms with van der Waals surface area (Å²) in [5, 5.41) is 5.46. The summed E-state index contributed by atoms with van der Waals surface area (Å²) in [7, 11) is 1.95. The van der Waals surface area contributed by atoms with Crippen LogP contribution in [0.4, 0.5) is 0 Å². The van der Waals surface area contributed by atoms with E-state index in [1.165, 1.54) is 5.56 Å². The Balaban J connectivity index is 2.28. The molecule has 0 radical (unpaired) electrons. The van der Waals surface area contributed by atoms with Crippen molar-refractivity contribution in [2.45, 2.75) is 26.0 Å². The lowest BCUT2D eigenvalue weighted by molar-refractivity contribution is 0.241. The Labute approximate surface area is 126 Å². The number of nitrogens with zero attached hydrogens (tertiary/aromatic N) is 1. The van der Waals surface area contributed by atoms with Crippen molar-refractivity contribution >= 4 is 27.3 Å². The molecule has 102 valence electrons. The molecule has 0 aliphatic rings. The Morgan fingerprint density at radius 1 is 1.26 bits per heavy atom. The van der Waals surface area contributed by atoms with Gasteiger partial charge in [0.25, 0.3) is 0 Å². The van der Waals surface area contributed by atoms with E-state index in [9.17, 15) is 0 Å². The molecule has 0 bridgehead atoms. The van der Waals surface area contributed by atoms with Gasteiger partial charge in [-0.15, -0.1) is 11.3 Å². The highest BCUT2D eigenvalue weighted by molar-refractivity contribution is 9.11. The zero-order valence-corrected chi connectivity index (χ0v) is 13.6. The molecule has 5 heteroatoms. The lowest BCUT2D eigenvalue weighted by Crippen LogP contribution is -2.17. The molecule has 2 heterocycles. The summed E-state index contributed by atoms with van der Waals surface area (Å²) in [5.41, 5.74) is 2.33. The molecule has 3 nitrogen and oxygen atoms in total. The van der Waals surface area contributed by atoms with Crippen LogP contribution in [0.3, 0.4) is 0 Å². The minimum atomic E-state index is 0.130. The summed E-state index contributed by atoms with van der Waals surface area (Å²) in [6.07, 6.45) is 3.78. The van der Waals surface area contributed by atoms with Crippen LogP contribution in [-0.4, -0.2) is 18.1 Å². The number of pyridine rings is 1. The highest BCUT2D eigenvalue weighted by atomic mass is 79.9. The molecule has 0 aliphatic heterocycles. The van der Waals surface area contributed by atoms with Crippen LogP contribution in [0.25, 0.3) is 0 Å². The predicted molar refractivity (Wildman–Crippen MR) is 82.9 cm³/mol. The Bertz CT molecular complexity index is 542. The van der Waals surface area contributed by atoms with Crippen LogP contribution in [0.2, 0.25) is 0 Å². The fourth-order valence-corrected chi connectivity index (χ4v) is 3.13. The minimum absolute atomic E-state index is 0.130. The molecular formula is C14H17BrN2OS. The van der Waals surface area contributed by atoms with Crippen LogP contribution in [0, 0.1) is 0 Å². The summed E-state index contributed by atoms with van der Waals surface area (Å²) < 4.78 is 6.82. The maximum absolute atomic E-state index is 5.69. The van der Waals surface area contributed by atoms with Crippen molar-refractivity contribution in [3.05, 3.63) is 44.8 Å². The smallest absolute Gasteiger partial charge is 0.138 e. The quantitative estimate of drug-likeness (QED) is 0.893. The van der Waals surface area contributed by atoms with Gasteiger partial charge in [0.05, 0.1) is 22.1 Å². The summed E-state index contributed by atoms with van der Waals surface area (Å²) >= 11 is 5.18. The van der Waals surface area contributed by atoms with E-state index >= 15 is 0 Å². The molecule has 0 amide bonds. The van der Waals surface area contributed by atoms with Gasteiger partial charge in [0.2, 0.25) is 0 Å². The Hall–Kier alpha value is -0.910. The number of halogens is 1. The van der Waals surface area contributed by atoms with Crippen LogP contribution in [0.15, 0.2) is 33.7 Å². The van der Waals surface area contributed by atoms with E-state index in [4.69, 9.17) is 4.74 Å². The third-order valence-electron chi connectivity index (χ3n) is 2.65. The highest BCUT2D eigenvalue weighted by Gasteiger charge is 2.15. The molecule has 0 fully saturated rings. The number of hydrogen-bond acceptors (Lipinski definition) is 4. The van der Waals surface area contributed by atoms with Crippen molar-refractivity contribution in [2.24, 2.45) is 0 Å². The van der Waals surface area contributed by atoms with E-state index in [1.807, 2.05) is 33.2 Å². The molecule has 2 aromatic heterocycles. The molecule has 1 atom stereocenters. The Morgan fingerprint density at radius 2 is 2.05 bits per heavy atom. The first kappa shape index (κ1) is 14.5. The van der Waals surface area contributed by atoms with Gasteiger partial charge >= 0.3 is 0 Å². The lowest BCUT2D eigenvalue weighted by atomic mass is 10.0. The maximum atomic E-state index is 5.69. The van der Waals surface area contributed by atoms with Gasteiger partial charge in [-0.3, -0.25) is 4.98 Å². The van der Waals surface area contributed by atoms with Crippen LogP contribution in [0.1, 0.15) is 31.0 Å². The minimum Gasteiger partial charge on any atom is -0.489 e. The predicted octanol–water partition coefficient (Wildman–Crippen LogP) is 4.00. The zero-order chi connectivity index (χ0) is 13.8. The molecule has 1 N–H and O–H groups in total. The Kier molecular flexibility index (Phi) is 4.96. The summed E-state index contributed by atoms with van der Waals surface area (Å²) in [4.78, 5) is 4.27. The van der Waals surface area contributed by atoms with E-state index < -0.39 is 0 Å². The highest BCUT2D eigenvalue weighted by Crippen LogP contribution is 2.30. The molecule has 0 spiro atoms. The van der Waals surface area contributed by atoms with E-state index in [1.54, 1.807) is 17.5 Å². The molecule has 19 heavy (non-hydrogen) atoms. The number of nitrogens with one attached hydrogen (secondary N) is 1. The van der Waals surface area contributed by atoms with Gasteiger partial charge in [0.1, 0.15) is 5.75 Å². The fraction of sp³-hybridized carbons (Fsp3) is 0.357. The molecule has 0 saturated carbocycles. The van der Waals surface area contributed by atoms with Crippen molar-refractivity contribution in [3.8, 4) is 5.75 Å². The number of rotatable bonds is 5. The van der Waals surface area contributed by atoms with Crippen molar-refractivity contribution < 1.29 is 4.74 Å². The largest absolute Gasteiger partial charge is 0.489 e. The van der Waals surface area contributed by atoms with Crippen LogP contribution < -0.4 is 10.1 Å². The molecule has 1 unspecified atom stereocenters. The van der Waals surface area contributed by atoms with E-state index in [0.717, 1.165) is 15.1 Å².